The lowest BCUT2D eigenvalue weighted by Gasteiger charge is -2.28. The Morgan fingerprint density at radius 3 is 0.721 bits per heavy atom. The molecule has 0 aliphatic rings. The van der Waals surface area contributed by atoms with Crippen molar-refractivity contribution in [2.75, 3.05) is 156 Å². The average Bonchev–Trinajstić information content (AvgIpc) is 0.848. The van der Waals surface area contributed by atoms with Crippen molar-refractivity contribution in [1.29, 1.82) is 0 Å². The lowest BCUT2D eigenvalue weighted by atomic mass is 10.1. The zero-order valence-electron chi connectivity index (χ0n) is 75.0. The summed E-state index contributed by atoms with van der Waals surface area (Å²) in [6.07, 6.45) is 14.5. The number of nitrogens with one attached hydrogen (secondary N) is 8. The number of aromatic nitrogens is 8. The van der Waals surface area contributed by atoms with Gasteiger partial charge in [0, 0.05) is 242 Å². The Labute approximate surface area is 775 Å². The number of aliphatic hydroxyl groups excluding tert-OH is 3. The third-order valence-corrected chi connectivity index (χ3v) is 23.3. The first-order chi connectivity index (χ1) is 62.4. The molecule has 6 atom stereocenters. The van der Waals surface area contributed by atoms with Gasteiger partial charge in [-0.05, 0) is 245 Å². The molecule has 0 amide bonds. The largest absolute Gasteiger partial charge is 0.394 e. The van der Waals surface area contributed by atoms with Gasteiger partial charge in [-0.2, -0.15) is 0 Å². The van der Waals surface area contributed by atoms with Crippen LogP contribution in [0, 0.1) is 27.7 Å². The Hall–Kier alpha value is -11.7. The number of rotatable bonds is 35. The van der Waals surface area contributed by atoms with E-state index in [-0.39, 0.29) is 50.0 Å². The molecule has 16 rings (SSSR count). The highest BCUT2D eigenvalue weighted by molar-refractivity contribution is 6.32. The van der Waals surface area contributed by atoms with Gasteiger partial charge in [-0.25, -0.2) is 0 Å². The van der Waals surface area contributed by atoms with Crippen LogP contribution in [0.1, 0.15) is 43.0 Å². The summed E-state index contributed by atoms with van der Waals surface area (Å²) in [5.41, 5.74) is 20.5. The van der Waals surface area contributed by atoms with Crippen LogP contribution in [0.2, 0.25) is 20.1 Å². The van der Waals surface area contributed by atoms with Gasteiger partial charge in [0.05, 0.1) is 82.1 Å². The predicted molar refractivity (Wildman–Crippen MR) is 543 cm³/mol. The molecule has 0 saturated carbocycles. The molecule has 8 heterocycles. The monoisotopic (exact) mass is 1810 g/mol. The minimum Gasteiger partial charge on any atom is -0.394 e. The highest BCUT2D eigenvalue weighted by atomic mass is 35.5. The summed E-state index contributed by atoms with van der Waals surface area (Å²) in [4.78, 5) is 44.5. The summed E-state index contributed by atoms with van der Waals surface area (Å²) >= 11 is 24.4. The van der Waals surface area contributed by atoms with E-state index in [9.17, 15) is 15.3 Å². The third kappa shape index (κ3) is 26.8. The number of nitrogens with zero attached hydrogens (tertiary/aromatic N) is 12. The molecule has 0 saturated heterocycles. The Morgan fingerprint density at radius 2 is 0.457 bits per heavy atom. The molecule has 0 bridgehead atoms. The molecule has 0 aliphatic carbocycles. The highest BCUT2D eigenvalue weighted by Gasteiger charge is 2.21. The van der Waals surface area contributed by atoms with Gasteiger partial charge in [0.25, 0.3) is 0 Å². The first kappa shape index (κ1) is 94.9. The van der Waals surface area contributed by atoms with Crippen molar-refractivity contribution in [3.63, 3.8) is 0 Å². The van der Waals surface area contributed by atoms with Crippen molar-refractivity contribution in [3.05, 3.63) is 286 Å². The average molecular weight is 1810 g/mol. The maximum absolute atomic E-state index is 10.0. The Balaban J connectivity index is 0.000000147. The van der Waals surface area contributed by atoms with Crippen molar-refractivity contribution < 1.29 is 15.3 Å². The SMILES string of the molecule is Cc1ccc2c(NCCN(C)C[C@H](C)Nc3ccnc4cc(Cl)ccc34)ccnc2c1.Cc1ccc2c(NCCN(C)C[C@H](CO)Nc3ccnc4cc(Cl)ccc34)ccnc2c1.Cc1ccc2c(N[C@@H](C)CN(C)C[C@H](C)Nc3ccnc4cc(Cl)ccc34)ccnc2c1.Cc1ccc2c(N[C@@H](CO)CN(C)C[C@H](CO)Nc3ccnc4cc(Cl)ccc34)ccnc2c1. The zero-order valence-corrected chi connectivity index (χ0v) is 78.0. The molecule has 0 unspecified atom stereocenters. The third-order valence-electron chi connectivity index (χ3n) is 22.3. The summed E-state index contributed by atoms with van der Waals surface area (Å²) in [6, 6.07) is 64.4. The van der Waals surface area contributed by atoms with Crippen LogP contribution in [-0.2, 0) is 0 Å². The zero-order chi connectivity index (χ0) is 91.0. The number of fused-ring (bicyclic) bond motifs is 8. The van der Waals surface area contributed by atoms with Gasteiger partial charge in [-0.3, -0.25) is 39.9 Å². The number of pyridine rings is 8. The topological polar surface area (TPSA) is 273 Å². The Kier molecular flexibility index (Phi) is 33.9. The van der Waals surface area contributed by atoms with Gasteiger partial charge < -0.3 is 77.5 Å². The summed E-state index contributed by atoms with van der Waals surface area (Å²) in [5, 5.41) is 69.6. The molecular formula is C102H116Cl4N20O3. The molecule has 0 aliphatic heterocycles. The van der Waals surface area contributed by atoms with Crippen molar-refractivity contribution in [1.82, 2.24) is 59.5 Å². The quantitative estimate of drug-likeness (QED) is 0.0176. The van der Waals surface area contributed by atoms with Crippen molar-refractivity contribution >= 4 is 179 Å². The van der Waals surface area contributed by atoms with Crippen LogP contribution in [0.4, 0.5) is 45.5 Å². The molecule has 23 nitrogen and oxygen atoms in total. The molecule has 670 valence electrons. The first-order valence-electron chi connectivity index (χ1n) is 43.6. The van der Waals surface area contributed by atoms with Gasteiger partial charge in [-0.15, -0.1) is 0 Å². The molecule has 0 spiro atoms. The number of likely N-dealkylation sites (N-methyl/N-ethyl adjacent to an activating group) is 4. The standard InChI is InChI=1S/C26H30ClN5O2.C26H30ClN5.C25H28ClN5O.C25H28ClN5/c1-17-3-5-21-23(7-9-28-25(21)11-17)30-19(15-33)13-32(2)14-20(16-34)31-24-8-10-29-26-12-18(27)4-6-22(24)26;1-17-5-7-21-23(9-11-28-25(21)13-17)30-18(2)15-32(4)16-19(3)31-24-10-12-29-26-14-20(27)6-8-22(24)26;1-17-3-5-20-22(7-9-27-24(20)13-17)29-11-12-31(2)15-19(16-32)30-23-8-10-28-25-14-18(26)4-6-21(23)25;1-17-4-6-20-22(8-10-27-24(20)14-17)29-12-13-31(3)16-18(2)30-23-9-11-28-25-15-19(26)5-7-21(23)25/h3-12,19-20,33-34H,13-16H2,1-2H3,(H,28,30)(H,29,31);5-14,18-19H,15-16H2,1-4H3,(H,28,30)(H,29,31);3-10,13-14,19,32H,11-12,15-16H2,1-2H3,(H,27,29)(H,28,30);4-11,14-15,18H,12-13,16H2,1-3H3,(H,27,29)(H,28,30)/t19-,20-;18-,19-;19-;18-/m1010/s1. The van der Waals surface area contributed by atoms with Crippen LogP contribution in [0.3, 0.4) is 0 Å². The van der Waals surface area contributed by atoms with E-state index in [1.807, 2.05) is 160 Å². The minimum absolute atomic E-state index is 0.0208. The molecule has 0 fully saturated rings. The van der Waals surface area contributed by atoms with Gasteiger partial charge in [-0.1, -0.05) is 94.9 Å². The maximum Gasteiger partial charge on any atom is 0.0737 e. The number of hydrogen-bond donors (Lipinski definition) is 11. The summed E-state index contributed by atoms with van der Waals surface area (Å²) in [5.74, 6) is 0. The van der Waals surface area contributed by atoms with Crippen molar-refractivity contribution in [2.24, 2.45) is 0 Å². The van der Waals surface area contributed by atoms with Crippen LogP contribution in [0.5, 0.6) is 0 Å². The van der Waals surface area contributed by atoms with Crippen molar-refractivity contribution in [3.8, 4) is 0 Å². The van der Waals surface area contributed by atoms with Crippen molar-refractivity contribution in [2.45, 2.75) is 84.7 Å². The molecule has 8 aromatic heterocycles. The summed E-state index contributed by atoms with van der Waals surface area (Å²) < 4.78 is 0. The Morgan fingerprint density at radius 1 is 0.256 bits per heavy atom. The number of hydrogen-bond acceptors (Lipinski definition) is 23. The second kappa shape index (κ2) is 46.0. The molecule has 0 radical (unpaired) electrons. The molecular weight excluding hydrogens is 1700 g/mol. The number of aliphatic hydroxyl groups is 3. The summed E-state index contributed by atoms with van der Waals surface area (Å²) in [7, 11) is 8.35. The number of anilines is 8. The van der Waals surface area contributed by atoms with Crippen LogP contribution in [0.15, 0.2) is 244 Å². The number of halogens is 4. The van der Waals surface area contributed by atoms with Gasteiger partial charge in [0.1, 0.15) is 0 Å². The fraction of sp³-hybridized carbons (Fsp3) is 0.294. The smallest absolute Gasteiger partial charge is 0.0737 e. The molecule has 8 aromatic carbocycles. The van der Waals surface area contributed by atoms with E-state index in [4.69, 9.17) is 46.4 Å². The molecule has 27 heteroatoms. The van der Waals surface area contributed by atoms with E-state index >= 15 is 0 Å². The van der Waals surface area contributed by atoms with Crippen LogP contribution in [-0.4, -0.2) is 225 Å². The van der Waals surface area contributed by atoms with E-state index in [1.54, 1.807) is 18.6 Å². The predicted octanol–water partition coefficient (Wildman–Crippen LogP) is 20.1. The van der Waals surface area contributed by atoms with E-state index in [0.29, 0.717) is 45.8 Å². The minimum atomic E-state index is -0.199. The number of aryl methyl sites for hydroxylation is 4. The molecule has 11 N–H and O–H groups in total. The van der Waals surface area contributed by atoms with Gasteiger partial charge in [0.15, 0.2) is 0 Å². The molecule has 129 heavy (non-hydrogen) atoms. The fourth-order valence-corrected chi connectivity index (χ4v) is 16.9. The molecule has 16 aromatic rings. The summed E-state index contributed by atoms with van der Waals surface area (Å²) in [6.45, 7) is 23.0. The van der Waals surface area contributed by atoms with E-state index < -0.39 is 0 Å². The van der Waals surface area contributed by atoms with E-state index in [1.165, 1.54) is 16.7 Å². The van der Waals surface area contributed by atoms with Crippen LogP contribution in [0.25, 0.3) is 87.2 Å². The fourth-order valence-electron chi connectivity index (χ4n) is 16.2. The van der Waals surface area contributed by atoms with Crippen LogP contribution >= 0.6 is 46.4 Å². The van der Waals surface area contributed by atoms with E-state index in [0.717, 1.165) is 184 Å². The second-order valence-corrected chi connectivity index (χ2v) is 35.4. The lowest BCUT2D eigenvalue weighted by molar-refractivity contribution is 0.204. The lowest BCUT2D eigenvalue weighted by Crippen LogP contribution is -2.43. The van der Waals surface area contributed by atoms with Crippen LogP contribution < -0.4 is 42.5 Å². The normalized spacial score (nSPS) is 12.9. The van der Waals surface area contributed by atoms with Gasteiger partial charge >= 0.3 is 0 Å². The second-order valence-electron chi connectivity index (χ2n) is 33.6. The maximum atomic E-state index is 10.0. The first-order valence-corrected chi connectivity index (χ1v) is 45.1. The Bertz CT molecular complexity index is 6250. The van der Waals surface area contributed by atoms with E-state index in [2.05, 4.69) is 244 Å². The van der Waals surface area contributed by atoms with Gasteiger partial charge in [0.2, 0.25) is 0 Å². The number of benzene rings is 8. The highest BCUT2D eigenvalue weighted by Crippen LogP contribution is 2.33.